The number of hydrogen-bond donors (Lipinski definition) is 2. The number of phosphoric acid groups is 1. The van der Waals surface area contributed by atoms with Crippen molar-refractivity contribution < 1.29 is 32.9 Å². The lowest BCUT2D eigenvalue weighted by Crippen LogP contribution is -2.45. The molecule has 2 N–H and O–H groups in total. The Bertz CT molecular complexity index is 1000. The molecule has 0 heterocycles. The highest BCUT2D eigenvalue weighted by molar-refractivity contribution is 7.45. The van der Waals surface area contributed by atoms with Crippen LogP contribution in [0.2, 0.25) is 0 Å². The summed E-state index contributed by atoms with van der Waals surface area (Å²) in [5, 5.41) is 13.6. The van der Waals surface area contributed by atoms with Crippen LogP contribution < -0.4 is 10.2 Å². The number of nitrogens with zero attached hydrogens (tertiary/aromatic N) is 1. The van der Waals surface area contributed by atoms with E-state index in [1.807, 2.05) is 27.2 Å². The molecule has 0 bridgehead atoms. The lowest BCUT2D eigenvalue weighted by Gasteiger charge is -2.29. The van der Waals surface area contributed by atoms with Crippen molar-refractivity contribution in [3.63, 3.8) is 0 Å². The van der Waals surface area contributed by atoms with Gasteiger partial charge in [0.05, 0.1) is 39.9 Å². The van der Waals surface area contributed by atoms with E-state index in [1.165, 1.54) is 161 Å². The molecule has 3 atom stereocenters. The molecule has 0 aliphatic carbocycles. The predicted octanol–water partition coefficient (Wildman–Crippen LogP) is 13.5. The quantitative estimate of drug-likeness (QED) is 0.0274. The number of carbonyl (C=O) groups excluding carboxylic acids is 1. The molecular weight excluding hydrogens is 744 g/mol. The van der Waals surface area contributed by atoms with Crippen LogP contribution in [0.15, 0.2) is 24.3 Å². The normalized spacial score (nSPS) is 14.4. The minimum absolute atomic E-state index is 0.00524. The van der Waals surface area contributed by atoms with E-state index in [0.29, 0.717) is 17.4 Å². The van der Waals surface area contributed by atoms with Crippen LogP contribution >= 0.6 is 7.82 Å². The number of unbranched alkanes of at least 4 members (excludes halogenated alkanes) is 30. The second-order valence-corrected chi connectivity index (χ2v) is 19.6. The number of quaternary nitrogens is 1. The fourth-order valence-electron chi connectivity index (χ4n) is 7.23. The van der Waals surface area contributed by atoms with Crippen molar-refractivity contribution in [2.24, 2.45) is 0 Å². The molecule has 0 rings (SSSR count). The van der Waals surface area contributed by atoms with Crippen molar-refractivity contribution in [3.8, 4) is 0 Å². The van der Waals surface area contributed by atoms with Crippen LogP contribution in [0.4, 0.5) is 0 Å². The van der Waals surface area contributed by atoms with Gasteiger partial charge < -0.3 is 28.8 Å². The van der Waals surface area contributed by atoms with Gasteiger partial charge in [0.15, 0.2) is 0 Å². The standard InChI is InChI=1S/C49H97N2O6P/c1-6-8-10-12-13-14-15-16-17-18-19-20-21-22-23-24-25-26-27-28-29-30-31-32-33-34-35-36-37-39-40-42-48(52)47(50-49(53)43-41-38-11-9-7-2)46-57-58(54,55)56-45-44-51(3,4)5/h35-36,40,42,47-48,52H,6-34,37-39,41,43-46H2,1-5H3,(H-,50,53,54,55)/b36-35+,42-40+. The van der Waals surface area contributed by atoms with Crippen LogP contribution in [0.3, 0.4) is 0 Å². The number of amides is 1. The van der Waals surface area contributed by atoms with Gasteiger partial charge >= 0.3 is 0 Å². The SMILES string of the molecule is CCCCCCCCCCCCCCCCCCCCCCCCCCC/C=C/CC/C=C/C(O)C(COP(=O)([O-])OCC[N+](C)(C)C)NC(=O)CCCCCCC. The fourth-order valence-corrected chi connectivity index (χ4v) is 7.95. The van der Waals surface area contributed by atoms with Crippen LogP contribution in [0.1, 0.15) is 232 Å². The summed E-state index contributed by atoms with van der Waals surface area (Å²) in [6.45, 7) is 4.54. The number of aliphatic hydroxyl groups is 1. The van der Waals surface area contributed by atoms with Crippen molar-refractivity contribution in [1.82, 2.24) is 5.32 Å². The van der Waals surface area contributed by atoms with Crippen LogP contribution in [-0.2, 0) is 18.4 Å². The summed E-state index contributed by atoms with van der Waals surface area (Å²) in [6, 6.07) is -0.896. The van der Waals surface area contributed by atoms with E-state index in [-0.39, 0.29) is 12.5 Å². The van der Waals surface area contributed by atoms with Crippen molar-refractivity contribution in [2.75, 3.05) is 40.9 Å². The Morgan fingerprint density at radius 1 is 0.586 bits per heavy atom. The summed E-state index contributed by atoms with van der Waals surface area (Å²) in [6.07, 6.45) is 50.3. The summed E-state index contributed by atoms with van der Waals surface area (Å²) in [4.78, 5) is 25.0. The van der Waals surface area contributed by atoms with Gasteiger partial charge in [-0.2, -0.15) is 0 Å². The maximum absolute atomic E-state index is 12.6. The lowest BCUT2D eigenvalue weighted by atomic mass is 10.0. The van der Waals surface area contributed by atoms with E-state index in [1.54, 1.807) is 6.08 Å². The first-order valence-corrected chi connectivity index (χ1v) is 26.2. The third-order valence-corrected chi connectivity index (χ3v) is 12.1. The Labute approximate surface area is 360 Å². The molecule has 0 fully saturated rings. The number of aliphatic hydroxyl groups excluding tert-OH is 1. The molecule has 58 heavy (non-hydrogen) atoms. The zero-order chi connectivity index (χ0) is 42.8. The van der Waals surface area contributed by atoms with Gasteiger partial charge in [-0.3, -0.25) is 9.36 Å². The zero-order valence-corrected chi connectivity index (χ0v) is 39.9. The highest BCUT2D eigenvalue weighted by Crippen LogP contribution is 2.38. The molecule has 0 aromatic heterocycles. The Kier molecular flexibility index (Phi) is 40.6. The highest BCUT2D eigenvalue weighted by Gasteiger charge is 2.23. The van der Waals surface area contributed by atoms with Gasteiger partial charge in [-0.05, 0) is 32.1 Å². The van der Waals surface area contributed by atoms with Crippen molar-refractivity contribution in [1.29, 1.82) is 0 Å². The number of phosphoric ester groups is 1. The average molecular weight is 841 g/mol. The highest BCUT2D eigenvalue weighted by atomic mass is 31.2. The van der Waals surface area contributed by atoms with Crippen LogP contribution in [-0.4, -0.2) is 68.5 Å². The van der Waals surface area contributed by atoms with E-state index >= 15 is 0 Å². The average Bonchev–Trinajstić information content (AvgIpc) is 3.17. The molecule has 344 valence electrons. The first-order valence-electron chi connectivity index (χ1n) is 24.7. The topological polar surface area (TPSA) is 108 Å². The van der Waals surface area contributed by atoms with Crippen LogP contribution in [0, 0.1) is 0 Å². The lowest BCUT2D eigenvalue weighted by molar-refractivity contribution is -0.870. The Hall–Kier alpha value is -1.02. The molecule has 0 aromatic carbocycles. The van der Waals surface area contributed by atoms with Gasteiger partial charge in [0.1, 0.15) is 13.2 Å². The Morgan fingerprint density at radius 2 is 0.966 bits per heavy atom. The second-order valence-electron chi connectivity index (χ2n) is 18.2. The molecule has 1 amide bonds. The first kappa shape index (κ1) is 57.0. The summed E-state index contributed by atoms with van der Waals surface area (Å²) >= 11 is 0. The fraction of sp³-hybridized carbons (Fsp3) is 0.898. The molecule has 9 heteroatoms. The van der Waals surface area contributed by atoms with Crippen molar-refractivity contribution in [3.05, 3.63) is 24.3 Å². The molecular formula is C49H97N2O6P. The summed E-state index contributed by atoms with van der Waals surface area (Å²) < 4.78 is 23.0. The number of rotatable bonds is 45. The Morgan fingerprint density at radius 3 is 1.40 bits per heavy atom. The number of carbonyl (C=O) groups is 1. The van der Waals surface area contributed by atoms with Gasteiger partial charge in [0.25, 0.3) is 7.82 Å². The van der Waals surface area contributed by atoms with Gasteiger partial charge in [-0.25, -0.2) is 0 Å². The minimum atomic E-state index is -4.58. The monoisotopic (exact) mass is 841 g/mol. The summed E-state index contributed by atoms with van der Waals surface area (Å²) in [5.41, 5.74) is 0. The molecule has 3 unspecified atom stereocenters. The number of likely N-dealkylation sites (N-methyl/N-ethyl adjacent to an activating group) is 1. The van der Waals surface area contributed by atoms with Crippen molar-refractivity contribution in [2.45, 2.75) is 244 Å². The third-order valence-electron chi connectivity index (χ3n) is 11.2. The Balaban J connectivity index is 3.94. The van der Waals surface area contributed by atoms with Gasteiger partial charge in [-0.15, -0.1) is 0 Å². The smallest absolute Gasteiger partial charge is 0.268 e. The molecule has 0 radical (unpaired) electrons. The van der Waals surface area contributed by atoms with Gasteiger partial charge in [0, 0.05) is 6.42 Å². The van der Waals surface area contributed by atoms with E-state index in [9.17, 15) is 19.4 Å². The third kappa shape index (κ3) is 43.1. The van der Waals surface area contributed by atoms with Crippen molar-refractivity contribution >= 4 is 13.7 Å². The van der Waals surface area contributed by atoms with E-state index in [2.05, 4.69) is 31.3 Å². The largest absolute Gasteiger partial charge is 0.756 e. The first-order chi connectivity index (χ1) is 28.0. The van der Waals surface area contributed by atoms with Gasteiger partial charge in [0.2, 0.25) is 5.91 Å². The maximum Gasteiger partial charge on any atom is 0.268 e. The second kappa shape index (κ2) is 41.3. The van der Waals surface area contributed by atoms with Gasteiger partial charge in [-0.1, -0.05) is 218 Å². The van der Waals surface area contributed by atoms with Crippen LogP contribution in [0.5, 0.6) is 0 Å². The van der Waals surface area contributed by atoms with Crippen LogP contribution in [0.25, 0.3) is 0 Å². The molecule has 0 spiro atoms. The number of nitrogens with one attached hydrogen (secondary N) is 1. The molecule has 8 nitrogen and oxygen atoms in total. The summed E-state index contributed by atoms with van der Waals surface area (Å²) in [5.74, 6) is -0.219. The van der Waals surface area contributed by atoms with E-state index in [0.717, 1.165) is 51.4 Å². The molecule has 0 aromatic rings. The van der Waals surface area contributed by atoms with E-state index < -0.39 is 26.6 Å². The number of allylic oxidation sites excluding steroid dienone is 3. The molecule has 0 saturated carbocycles. The molecule has 0 aliphatic heterocycles. The molecule has 0 saturated heterocycles. The zero-order valence-electron chi connectivity index (χ0n) is 39.0. The molecule has 0 aliphatic rings. The maximum atomic E-state index is 12.6. The minimum Gasteiger partial charge on any atom is -0.756 e. The van der Waals surface area contributed by atoms with E-state index in [4.69, 9.17) is 9.05 Å². The number of hydrogen-bond acceptors (Lipinski definition) is 6. The predicted molar refractivity (Wildman–Crippen MR) is 247 cm³/mol. The summed E-state index contributed by atoms with van der Waals surface area (Å²) in [7, 11) is 1.25.